The molecule has 3 heterocycles. The molecule has 10 nitrogen and oxygen atoms in total. The summed E-state index contributed by atoms with van der Waals surface area (Å²) in [5.41, 5.74) is 0. The molecule has 0 aromatic carbocycles. The molecule has 0 aliphatic carbocycles. The van der Waals surface area contributed by atoms with E-state index in [0.717, 1.165) is 0 Å². The first-order valence-electron chi connectivity index (χ1n) is 9.65. The van der Waals surface area contributed by atoms with Crippen molar-refractivity contribution in [2.24, 2.45) is 0 Å². The summed E-state index contributed by atoms with van der Waals surface area (Å²) in [5, 5.41) is 5.83. The Kier molecular flexibility index (Phi) is 8.00. The first-order chi connectivity index (χ1) is 13.6. The minimum Gasteiger partial charge on any atom is -0.379 e. The van der Waals surface area contributed by atoms with Crippen molar-refractivity contribution in [2.45, 2.75) is 49.3 Å². The van der Waals surface area contributed by atoms with Crippen LogP contribution in [0, 0.1) is 0 Å². The number of carbonyl (C=O) groups excluding carboxylic acids is 2. The number of nitrogens with one attached hydrogen (secondary N) is 2. The molecule has 3 fully saturated rings. The lowest BCUT2D eigenvalue weighted by Crippen LogP contribution is -2.59. The summed E-state index contributed by atoms with van der Waals surface area (Å²) in [5.74, 6) is -0.529. The van der Waals surface area contributed by atoms with Gasteiger partial charge in [0.05, 0.1) is 37.5 Å². The molecule has 160 valence electrons. The van der Waals surface area contributed by atoms with E-state index >= 15 is 0 Å². The smallest absolute Gasteiger partial charge is 0.246 e. The molecule has 28 heavy (non-hydrogen) atoms. The third kappa shape index (κ3) is 5.40. The highest BCUT2D eigenvalue weighted by molar-refractivity contribution is 5.78. The number of carbonyl (C=O) groups is 2. The largest absolute Gasteiger partial charge is 0.379 e. The molecule has 0 radical (unpaired) electrons. The van der Waals surface area contributed by atoms with Gasteiger partial charge < -0.3 is 39.1 Å². The van der Waals surface area contributed by atoms with Gasteiger partial charge in [0.1, 0.15) is 25.4 Å². The van der Waals surface area contributed by atoms with Crippen molar-refractivity contribution in [1.29, 1.82) is 0 Å². The maximum atomic E-state index is 12.4. The lowest BCUT2D eigenvalue weighted by molar-refractivity contribution is -0.151. The van der Waals surface area contributed by atoms with Gasteiger partial charge >= 0.3 is 0 Å². The van der Waals surface area contributed by atoms with Crippen LogP contribution < -0.4 is 10.6 Å². The highest BCUT2D eigenvalue weighted by Gasteiger charge is 2.38. The third-order valence-corrected chi connectivity index (χ3v) is 5.36. The lowest BCUT2D eigenvalue weighted by Gasteiger charge is -2.39. The van der Waals surface area contributed by atoms with E-state index in [2.05, 4.69) is 10.6 Å². The molecule has 0 aromatic rings. The SMILES string of the molecule is CO[C@@H]1CCO[C@@H]2COCC(=O)N[C@@H]3[C@H](OC)CCO[C@@H]3COCC(=O)N[C@H]12. The van der Waals surface area contributed by atoms with Gasteiger partial charge in [-0.05, 0) is 12.8 Å². The van der Waals surface area contributed by atoms with Crippen molar-refractivity contribution < 1.29 is 38.0 Å². The monoisotopic (exact) mass is 402 g/mol. The molecule has 0 unspecified atom stereocenters. The predicted octanol–water partition coefficient (Wildman–Crippen LogP) is -1.39. The highest BCUT2D eigenvalue weighted by atomic mass is 16.6. The van der Waals surface area contributed by atoms with Gasteiger partial charge in [-0.25, -0.2) is 0 Å². The van der Waals surface area contributed by atoms with E-state index in [4.69, 9.17) is 28.4 Å². The fourth-order valence-electron chi connectivity index (χ4n) is 3.91. The van der Waals surface area contributed by atoms with E-state index in [0.29, 0.717) is 26.1 Å². The quantitative estimate of drug-likeness (QED) is 0.581. The van der Waals surface area contributed by atoms with E-state index in [-0.39, 0.29) is 62.5 Å². The Labute approximate surface area is 164 Å². The Bertz CT molecular complexity index is 488. The molecule has 3 aliphatic rings. The molecule has 6 atom stereocenters. The van der Waals surface area contributed by atoms with Gasteiger partial charge in [-0.2, -0.15) is 0 Å². The van der Waals surface area contributed by atoms with Crippen LogP contribution in [0.3, 0.4) is 0 Å². The Hall–Kier alpha value is -1.30. The zero-order valence-electron chi connectivity index (χ0n) is 16.4. The van der Waals surface area contributed by atoms with Crippen molar-refractivity contribution in [3.63, 3.8) is 0 Å². The molecule has 3 aliphatic heterocycles. The van der Waals surface area contributed by atoms with Crippen LogP contribution in [0.25, 0.3) is 0 Å². The van der Waals surface area contributed by atoms with Crippen LogP contribution in [0.15, 0.2) is 0 Å². The summed E-state index contributed by atoms with van der Waals surface area (Å²) in [6, 6.07) is -0.755. The molecular weight excluding hydrogens is 372 g/mol. The summed E-state index contributed by atoms with van der Waals surface area (Å²) in [6.45, 7) is 1.07. The minimum atomic E-state index is -0.407. The summed E-state index contributed by atoms with van der Waals surface area (Å²) in [4.78, 5) is 24.8. The van der Waals surface area contributed by atoms with Crippen LogP contribution in [-0.2, 0) is 38.0 Å². The van der Waals surface area contributed by atoms with Crippen LogP contribution in [0.2, 0.25) is 0 Å². The normalized spacial score (nSPS) is 38.4. The van der Waals surface area contributed by atoms with Crippen molar-refractivity contribution in [3.8, 4) is 0 Å². The summed E-state index contributed by atoms with van der Waals surface area (Å²) < 4.78 is 33.6. The average molecular weight is 402 g/mol. The van der Waals surface area contributed by atoms with E-state index in [1.54, 1.807) is 14.2 Å². The van der Waals surface area contributed by atoms with Crippen molar-refractivity contribution in [3.05, 3.63) is 0 Å². The second kappa shape index (κ2) is 10.5. The van der Waals surface area contributed by atoms with Gasteiger partial charge in [-0.3, -0.25) is 9.59 Å². The predicted molar refractivity (Wildman–Crippen MR) is 95.8 cm³/mol. The number of amides is 2. The van der Waals surface area contributed by atoms with Crippen molar-refractivity contribution >= 4 is 11.8 Å². The maximum absolute atomic E-state index is 12.4. The van der Waals surface area contributed by atoms with Gasteiger partial charge in [0.15, 0.2) is 0 Å². The van der Waals surface area contributed by atoms with Crippen LogP contribution in [0.1, 0.15) is 12.8 Å². The molecule has 0 aromatic heterocycles. The molecular formula is C18H30N2O8. The third-order valence-electron chi connectivity index (χ3n) is 5.36. The number of fused-ring (bicyclic) bond motifs is 2. The number of methoxy groups -OCH3 is 2. The fourth-order valence-corrected chi connectivity index (χ4v) is 3.91. The van der Waals surface area contributed by atoms with Crippen molar-refractivity contribution in [2.75, 3.05) is 53.9 Å². The number of ether oxygens (including phenoxy) is 6. The second-order valence-electron chi connectivity index (χ2n) is 7.16. The molecule has 0 bridgehead atoms. The van der Waals surface area contributed by atoms with Crippen LogP contribution in [0.5, 0.6) is 0 Å². The summed E-state index contributed by atoms with van der Waals surface area (Å²) >= 11 is 0. The molecule has 2 N–H and O–H groups in total. The van der Waals surface area contributed by atoms with Gasteiger partial charge in [-0.1, -0.05) is 0 Å². The number of hydrogen-bond donors (Lipinski definition) is 2. The zero-order chi connectivity index (χ0) is 19.9. The zero-order valence-corrected chi connectivity index (χ0v) is 16.4. The highest BCUT2D eigenvalue weighted by Crippen LogP contribution is 2.20. The average Bonchev–Trinajstić information content (AvgIpc) is 2.69. The Balaban J connectivity index is 1.69. The van der Waals surface area contributed by atoms with Crippen LogP contribution in [-0.4, -0.2) is 102 Å². The molecule has 10 heteroatoms. The standard InChI is InChI=1S/C18H30N2O8/c1-23-11-3-5-27-13-7-25-10-16(22)20-18-12(24-2)4-6-28-14(18)8-26-9-15(21)19-17(11)13/h11-14,17-18H,3-10H2,1-2H3,(H,19,21)(H,20,22)/t11-,12-,13-,14-,17-,18-/m1/s1. The van der Waals surface area contributed by atoms with E-state index in [1.165, 1.54) is 0 Å². The Morgan fingerprint density at radius 3 is 1.61 bits per heavy atom. The molecule has 3 saturated heterocycles. The molecule has 3 rings (SSSR count). The van der Waals surface area contributed by atoms with Crippen LogP contribution in [0.4, 0.5) is 0 Å². The van der Waals surface area contributed by atoms with E-state index < -0.39 is 12.2 Å². The second-order valence-corrected chi connectivity index (χ2v) is 7.16. The van der Waals surface area contributed by atoms with Gasteiger partial charge in [-0.15, -0.1) is 0 Å². The Morgan fingerprint density at radius 2 is 1.21 bits per heavy atom. The number of rotatable bonds is 2. The lowest BCUT2D eigenvalue weighted by atomic mass is 9.99. The van der Waals surface area contributed by atoms with Gasteiger partial charge in [0.2, 0.25) is 11.8 Å². The molecule has 0 spiro atoms. The number of hydrogen-bond acceptors (Lipinski definition) is 8. The fraction of sp³-hybridized carbons (Fsp3) is 0.889. The summed E-state index contributed by atoms with van der Waals surface area (Å²) in [6.07, 6.45) is 0.125. The van der Waals surface area contributed by atoms with Gasteiger partial charge in [0, 0.05) is 27.4 Å². The first kappa shape index (κ1) is 21.4. The summed E-state index contributed by atoms with van der Waals surface area (Å²) in [7, 11) is 3.20. The first-order valence-corrected chi connectivity index (χ1v) is 9.65. The molecule has 2 amide bonds. The van der Waals surface area contributed by atoms with E-state index in [1.807, 2.05) is 0 Å². The topological polar surface area (TPSA) is 114 Å². The van der Waals surface area contributed by atoms with Crippen LogP contribution >= 0.6 is 0 Å². The molecule has 0 saturated carbocycles. The Morgan fingerprint density at radius 1 is 0.786 bits per heavy atom. The maximum Gasteiger partial charge on any atom is 0.246 e. The minimum absolute atomic E-state index is 0.126. The van der Waals surface area contributed by atoms with Gasteiger partial charge in [0.25, 0.3) is 0 Å². The van der Waals surface area contributed by atoms with E-state index in [9.17, 15) is 9.59 Å². The van der Waals surface area contributed by atoms with Crippen molar-refractivity contribution in [1.82, 2.24) is 10.6 Å².